The first-order valence-electron chi connectivity index (χ1n) is 8.52. The van der Waals surface area contributed by atoms with Gasteiger partial charge in [0.15, 0.2) is 0 Å². The predicted octanol–water partition coefficient (Wildman–Crippen LogP) is 1.95. The molecule has 1 N–H and O–H groups in total. The number of anilines is 1. The summed E-state index contributed by atoms with van der Waals surface area (Å²) >= 11 is 1.42. The minimum Gasteiger partial charge on any atom is -0.381 e. The van der Waals surface area contributed by atoms with Crippen LogP contribution in [0.15, 0.2) is 0 Å². The van der Waals surface area contributed by atoms with Crippen molar-refractivity contribution < 1.29 is 14.3 Å². The zero-order chi connectivity index (χ0) is 17.5. The SMILES string of the molecule is CCCOCCCNC(=O)C1CC(=O)N(c2nnc(C(C)C)s2)C1. The van der Waals surface area contributed by atoms with E-state index in [-0.39, 0.29) is 30.1 Å². The van der Waals surface area contributed by atoms with Crippen LogP contribution in [0.4, 0.5) is 5.13 Å². The van der Waals surface area contributed by atoms with E-state index in [9.17, 15) is 9.59 Å². The molecule has 1 fully saturated rings. The van der Waals surface area contributed by atoms with Crippen LogP contribution in [-0.4, -0.2) is 48.3 Å². The van der Waals surface area contributed by atoms with E-state index in [1.54, 1.807) is 4.90 Å². The Morgan fingerprint density at radius 2 is 2.21 bits per heavy atom. The lowest BCUT2D eigenvalue weighted by Gasteiger charge is -2.12. The van der Waals surface area contributed by atoms with Gasteiger partial charge in [-0.15, -0.1) is 10.2 Å². The van der Waals surface area contributed by atoms with E-state index >= 15 is 0 Å². The number of ether oxygens (including phenoxy) is 1. The average Bonchev–Trinajstić information content (AvgIpc) is 3.17. The highest BCUT2D eigenvalue weighted by atomic mass is 32.1. The summed E-state index contributed by atoms with van der Waals surface area (Å²) in [6, 6.07) is 0. The fraction of sp³-hybridized carbons (Fsp3) is 0.750. The van der Waals surface area contributed by atoms with Crippen LogP contribution < -0.4 is 10.2 Å². The van der Waals surface area contributed by atoms with Crippen LogP contribution in [0.25, 0.3) is 0 Å². The van der Waals surface area contributed by atoms with Gasteiger partial charge in [0.25, 0.3) is 0 Å². The first-order chi connectivity index (χ1) is 11.5. The maximum atomic E-state index is 12.2. The molecule has 2 heterocycles. The molecule has 7 nitrogen and oxygen atoms in total. The van der Waals surface area contributed by atoms with E-state index < -0.39 is 0 Å². The lowest BCUT2D eigenvalue weighted by atomic mass is 10.1. The summed E-state index contributed by atoms with van der Waals surface area (Å²) < 4.78 is 5.38. The summed E-state index contributed by atoms with van der Waals surface area (Å²) in [6.45, 7) is 8.49. The highest BCUT2D eigenvalue weighted by molar-refractivity contribution is 7.15. The number of nitrogens with one attached hydrogen (secondary N) is 1. The molecule has 134 valence electrons. The molecule has 0 saturated carbocycles. The Morgan fingerprint density at radius 3 is 2.88 bits per heavy atom. The number of carbonyl (C=O) groups excluding carboxylic acids is 2. The summed E-state index contributed by atoms with van der Waals surface area (Å²) in [5.74, 6) is -0.175. The number of carbonyl (C=O) groups is 2. The Morgan fingerprint density at radius 1 is 1.42 bits per heavy atom. The van der Waals surface area contributed by atoms with Gasteiger partial charge in [-0.1, -0.05) is 32.1 Å². The van der Waals surface area contributed by atoms with Crippen LogP contribution in [0, 0.1) is 5.92 Å². The standard InChI is InChI=1S/C16H26N4O3S/c1-4-7-23-8-5-6-17-14(22)12-9-13(21)20(10-12)16-19-18-15(24-16)11(2)3/h11-12H,4-10H2,1-3H3,(H,17,22). The third kappa shape index (κ3) is 4.98. The van der Waals surface area contributed by atoms with Gasteiger partial charge in [0.2, 0.25) is 16.9 Å². The topological polar surface area (TPSA) is 84.4 Å². The molecule has 2 amide bonds. The van der Waals surface area contributed by atoms with Gasteiger partial charge in [-0.05, 0) is 12.8 Å². The summed E-state index contributed by atoms with van der Waals surface area (Å²) in [6.07, 6.45) is 2.01. The number of rotatable bonds is 9. The van der Waals surface area contributed by atoms with Crippen molar-refractivity contribution in [3.05, 3.63) is 5.01 Å². The number of amides is 2. The van der Waals surface area contributed by atoms with Crippen molar-refractivity contribution in [2.45, 2.75) is 46.0 Å². The normalized spacial score (nSPS) is 17.8. The van der Waals surface area contributed by atoms with Crippen molar-refractivity contribution in [1.29, 1.82) is 0 Å². The van der Waals surface area contributed by atoms with Gasteiger partial charge in [-0.2, -0.15) is 0 Å². The summed E-state index contributed by atoms with van der Waals surface area (Å²) in [5.41, 5.74) is 0. The number of hydrogen-bond acceptors (Lipinski definition) is 6. The van der Waals surface area contributed by atoms with Crippen molar-refractivity contribution in [3.63, 3.8) is 0 Å². The van der Waals surface area contributed by atoms with Crippen LogP contribution >= 0.6 is 11.3 Å². The molecule has 1 aromatic rings. The van der Waals surface area contributed by atoms with Gasteiger partial charge in [0, 0.05) is 38.6 Å². The van der Waals surface area contributed by atoms with Crippen LogP contribution in [0.2, 0.25) is 0 Å². The molecule has 0 spiro atoms. The Kier molecular flexibility index (Phi) is 7.11. The second-order valence-corrected chi connectivity index (χ2v) is 7.23. The molecule has 2 rings (SSSR count). The molecule has 1 aliphatic heterocycles. The minimum atomic E-state index is -0.319. The molecule has 0 bridgehead atoms. The maximum Gasteiger partial charge on any atom is 0.229 e. The molecule has 0 radical (unpaired) electrons. The lowest BCUT2D eigenvalue weighted by Crippen LogP contribution is -2.33. The molecule has 1 aliphatic rings. The van der Waals surface area contributed by atoms with E-state index in [2.05, 4.69) is 22.4 Å². The van der Waals surface area contributed by atoms with Gasteiger partial charge >= 0.3 is 0 Å². The molecule has 1 saturated heterocycles. The van der Waals surface area contributed by atoms with Crippen LogP contribution in [-0.2, 0) is 14.3 Å². The van der Waals surface area contributed by atoms with E-state index in [0.29, 0.717) is 24.8 Å². The van der Waals surface area contributed by atoms with Crippen molar-refractivity contribution in [3.8, 4) is 0 Å². The monoisotopic (exact) mass is 354 g/mol. The van der Waals surface area contributed by atoms with Crippen molar-refractivity contribution in [2.75, 3.05) is 31.2 Å². The molecular weight excluding hydrogens is 328 g/mol. The van der Waals surface area contributed by atoms with Gasteiger partial charge < -0.3 is 10.1 Å². The van der Waals surface area contributed by atoms with Crippen LogP contribution in [0.5, 0.6) is 0 Å². The predicted molar refractivity (Wildman–Crippen MR) is 93.2 cm³/mol. The third-order valence-electron chi connectivity index (χ3n) is 3.76. The summed E-state index contributed by atoms with van der Waals surface area (Å²) in [7, 11) is 0. The molecule has 1 atom stereocenters. The number of nitrogens with zero attached hydrogens (tertiary/aromatic N) is 3. The molecular formula is C16H26N4O3S. The Hall–Kier alpha value is -1.54. The van der Waals surface area contributed by atoms with Crippen LogP contribution in [0.1, 0.15) is 51.0 Å². The average molecular weight is 354 g/mol. The molecule has 1 aromatic heterocycles. The van der Waals surface area contributed by atoms with Gasteiger partial charge in [-0.25, -0.2) is 0 Å². The van der Waals surface area contributed by atoms with Gasteiger partial charge in [0.1, 0.15) is 5.01 Å². The summed E-state index contributed by atoms with van der Waals surface area (Å²) in [5, 5.41) is 12.6. The zero-order valence-electron chi connectivity index (χ0n) is 14.6. The largest absolute Gasteiger partial charge is 0.381 e. The molecule has 8 heteroatoms. The second-order valence-electron chi connectivity index (χ2n) is 6.24. The Labute approximate surface area is 146 Å². The third-order valence-corrected chi connectivity index (χ3v) is 5.01. The Bertz CT molecular complexity index is 561. The van der Waals surface area contributed by atoms with Crippen LogP contribution in [0.3, 0.4) is 0 Å². The summed E-state index contributed by atoms with van der Waals surface area (Å²) in [4.78, 5) is 26.0. The van der Waals surface area contributed by atoms with E-state index in [4.69, 9.17) is 4.74 Å². The van der Waals surface area contributed by atoms with Gasteiger partial charge in [-0.3, -0.25) is 14.5 Å². The number of aromatic nitrogens is 2. The lowest BCUT2D eigenvalue weighted by molar-refractivity contribution is -0.126. The van der Waals surface area contributed by atoms with Crippen molar-refractivity contribution >= 4 is 28.3 Å². The molecule has 0 aromatic carbocycles. The van der Waals surface area contributed by atoms with E-state index in [0.717, 1.165) is 24.5 Å². The Balaban J connectivity index is 1.79. The highest BCUT2D eigenvalue weighted by Gasteiger charge is 2.36. The van der Waals surface area contributed by atoms with Crippen molar-refractivity contribution in [1.82, 2.24) is 15.5 Å². The van der Waals surface area contributed by atoms with E-state index in [1.807, 2.05) is 13.8 Å². The smallest absolute Gasteiger partial charge is 0.229 e. The first-order valence-corrected chi connectivity index (χ1v) is 9.33. The second kappa shape index (κ2) is 9.08. The first kappa shape index (κ1) is 18.8. The quantitative estimate of drug-likeness (QED) is 0.685. The highest BCUT2D eigenvalue weighted by Crippen LogP contribution is 2.30. The fourth-order valence-corrected chi connectivity index (χ4v) is 3.29. The molecule has 0 aliphatic carbocycles. The van der Waals surface area contributed by atoms with Gasteiger partial charge in [0.05, 0.1) is 5.92 Å². The number of hydrogen-bond donors (Lipinski definition) is 1. The minimum absolute atomic E-state index is 0.0621. The maximum absolute atomic E-state index is 12.2. The van der Waals surface area contributed by atoms with E-state index in [1.165, 1.54) is 11.3 Å². The van der Waals surface area contributed by atoms with Crippen molar-refractivity contribution in [2.24, 2.45) is 5.92 Å². The fourth-order valence-electron chi connectivity index (χ4n) is 2.41. The molecule has 24 heavy (non-hydrogen) atoms. The molecule has 1 unspecified atom stereocenters. The zero-order valence-corrected chi connectivity index (χ0v) is 15.4.